The Kier molecular flexibility index (Phi) is 15.5. The van der Waals surface area contributed by atoms with Gasteiger partial charge in [0.15, 0.2) is 5.78 Å². The zero-order valence-corrected chi connectivity index (χ0v) is 19.1. The third-order valence-electron chi connectivity index (χ3n) is 5.74. The summed E-state index contributed by atoms with van der Waals surface area (Å²) in [5.74, 6) is 0.531. The topological polar surface area (TPSA) is 46.2 Å². The highest BCUT2D eigenvalue weighted by Crippen LogP contribution is 2.33. The lowest BCUT2D eigenvalue weighted by atomic mass is 10.1. The summed E-state index contributed by atoms with van der Waals surface area (Å²) in [4.78, 5) is 24.0. The second-order valence-electron chi connectivity index (χ2n) is 8.70. The zero-order chi connectivity index (χ0) is 21.2. The van der Waals surface area contributed by atoms with Gasteiger partial charge >= 0.3 is 0 Å². The predicted octanol–water partition coefficient (Wildman–Crippen LogP) is 7.06. The first-order chi connectivity index (χ1) is 14.2. The molecule has 0 bridgehead atoms. The second kappa shape index (κ2) is 17.5. The standard InChI is InChI=1S/C26H45NO2/c1-3-5-7-9-11-13-15-17-19-24(28)21-23-22-25(23)27-26(29)20-18-16-14-12-10-8-6-4-2/h17-20,23,25H,3-16,21-22H2,1-2H3,(H,27,29)/b19-17+,20-18+/t23-,25-/m1/s1. The molecule has 0 saturated heterocycles. The lowest BCUT2D eigenvalue weighted by Gasteiger charge is -2.01. The zero-order valence-electron chi connectivity index (χ0n) is 19.1. The van der Waals surface area contributed by atoms with Gasteiger partial charge in [-0.2, -0.15) is 0 Å². The van der Waals surface area contributed by atoms with Crippen LogP contribution in [0.2, 0.25) is 0 Å². The number of allylic oxidation sites excluding steroid dienone is 3. The van der Waals surface area contributed by atoms with E-state index in [0.717, 1.165) is 19.3 Å². The quantitative estimate of drug-likeness (QED) is 0.185. The number of nitrogens with one attached hydrogen (secondary N) is 1. The van der Waals surface area contributed by atoms with Crippen LogP contribution in [0, 0.1) is 5.92 Å². The summed E-state index contributed by atoms with van der Waals surface area (Å²) in [6.07, 6.45) is 26.3. The number of carbonyl (C=O) groups is 2. The van der Waals surface area contributed by atoms with E-state index < -0.39 is 0 Å². The number of unbranched alkanes of at least 4 members (excludes halogenated alkanes) is 12. The van der Waals surface area contributed by atoms with Crippen molar-refractivity contribution in [3.05, 3.63) is 24.3 Å². The summed E-state index contributed by atoms with van der Waals surface area (Å²) >= 11 is 0. The number of rotatable bonds is 19. The number of ketones is 1. The van der Waals surface area contributed by atoms with Crippen molar-refractivity contribution in [1.29, 1.82) is 0 Å². The fourth-order valence-electron chi connectivity index (χ4n) is 3.70. The van der Waals surface area contributed by atoms with Crippen molar-refractivity contribution in [2.45, 2.75) is 123 Å². The number of hydrogen-bond donors (Lipinski definition) is 1. The molecule has 1 rings (SSSR count). The van der Waals surface area contributed by atoms with Crippen LogP contribution in [0.15, 0.2) is 24.3 Å². The first-order valence-electron chi connectivity index (χ1n) is 12.3. The minimum Gasteiger partial charge on any atom is -0.350 e. The molecule has 0 aliphatic heterocycles. The van der Waals surface area contributed by atoms with E-state index in [1.54, 1.807) is 12.2 Å². The Morgan fingerprint density at radius 3 is 1.86 bits per heavy atom. The van der Waals surface area contributed by atoms with Gasteiger partial charge < -0.3 is 5.32 Å². The van der Waals surface area contributed by atoms with Gasteiger partial charge in [-0.1, -0.05) is 90.2 Å². The number of amides is 1. The van der Waals surface area contributed by atoms with Crippen LogP contribution in [-0.4, -0.2) is 17.7 Å². The van der Waals surface area contributed by atoms with Crippen LogP contribution in [0.3, 0.4) is 0 Å². The van der Waals surface area contributed by atoms with E-state index >= 15 is 0 Å². The smallest absolute Gasteiger partial charge is 0.243 e. The summed E-state index contributed by atoms with van der Waals surface area (Å²) in [7, 11) is 0. The van der Waals surface area contributed by atoms with Crippen molar-refractivity contribution in [3.8, 4) is 0 Å². The van der Waals surface area contributed by atoms with Crippen LogP contribution in [-0.2, 0) is 9.59 Å². The summed E-state index contributed by atoms with van der Waals surface area (Å²) in [5, 5.41) is 3.03. The highest BCUT2D eigenvalue weighted by Gasteiger charge is 2.38. The van der Waals surface area contributed by atoms with Crippen LogP contribution < -0.4 is 5.32 Å². The third-order valence-corrected chi connectivity index (χ3v) is 5.74. The van der Waals surface area contributed by atoms with Crippen molar-refractivity contribution >= 4 is 11.7 Å². The molecular weight excluding hydrogens is 358 g/mol. The molecule has 1 N–H and O–H groups in total. The highest BCUT2D eigenvalue weighted by molar-refractivity contribution is 5.90. The first-order valence-corrected chi connectivity index (χ1v) is 12.3. The molecule has 3 nitrogen and oxygen atoms in total. The molecule has 0 aromatic heterocycles. The SMILES string of the molecule is CCCCCCCC/C=C/C(=O)C[C@@H]1C[C@H]1NC(=O)/C=C/CCCCCCCC. The average molecular weight is 404 g/mol. The van der Waals surface area contributed by atoms with Crippen molar-refractivity contribution in [2.75, 3.05) is 0 Å². The number of hydrogen-bond acceptors (Lipinski definition) is 2. The van der Waals surface area contributed by atoms with Crippen LogP contribution in [0.1, 0.15) is 117 Å². The van der Waals surface area contributed by atoms with Gasteiger partial charge in [-0.15, -0.1) is 0 Å². The lowest BCUT2D eigenvalue weighted by Crippen LogP contribution is -2.25. The minimum atomic E-state index is -0.00505. The third kappa shape index (κ3) is 15.2. The minimum absolute atomic E-state index is 0.00505. The van der Waals surface area contributed by atoms with Gasteiger partial charge in [0.25, 0.3) is 0 Å². The lowest BCUT2D eigenvalue weighted by molar-refractivity contribution is -0.117. The van der Waals surface area contributed by atoms with E-state index in [9.17, 15) is 9.59 Å². The molecule has 0 aromatic carbocycles. The Labute approximate surface area is 179 Å². The van der Waals surface area contributed by atoms with E-state index in [1.807, 2.05) is 12.2 Å². The fourth-order valence-corrected chi connectivity index (χ4v) is 3.70. The molecule has 1 aliphatic carbocycles. The Bertz CT molecular complexity index is 451. The molecule has 0 spiro atoms. The van der Waals surface area contributed by atoms with Gasteiger partial charge in [0.05, 0.1) is 0 Å². The maximum Gasteiger partial charge on any atom is 0.243 e. The Morgan fingerprint density at radius 2 is 1.28 bits per heavy atom. The van der Waals surface area contributed by atoms with Crippen LogP contribution >= 0.6 is 0 Å². The molecule has 2 atom stereocenters. The maximum absolute atomic E-state index is 12.0. The van der Waals surface area contributed by atoms with Gasteiger partial charge in [0, 0.05) is 12.5 Å². The van der Waals surface area contributed by atoms with Crippen molar-refractivity contribution < 1.29 is 9.59 Å². The summed E-state index contributed by atoms with van der Waals surface area (Å²) in [6.45, 7) is 4.47. The molecule has 1 saturated carbocycles. The Hall–Kier alpha value is -1.38. The number of carbonyl (C=O) groups excluding carboxylic acids is 2. The largest absolute Gasteiger partial charge is 0.350 e. The van der Waals surface area contributed by atoms with Crippen molar-refractivity contribution in [2.24, 2.45) is 5.92 Å². The van der Waals surface area contributed by atoms with E-state index in [-0.39, 0.29) is 17.7 Å². The molecule has 29 heavy (non-hydrogen) atoms. The van der Waals surface area contributed by atoms with E-state index in [0.29, 0.717) is 12.3 Å². The summed E-state index contributed by atoms with van der Waals surface area (Å²) in [5.41, 5.74) is 0. The van der Waals surface area contributed by atoms with Crippen LogP contribution in [0.4, 0.5) is 0 Å². The molecule has 1 amide bonds. The Balaban J connectivity index is 2.00. The molecule has 1 fully saturated rings. The molecular formula is C26H45NO2. The van der Waals surface area contributed by atoms with Gasteiger partial charge in [0.2, 0.25) is 5.91 Å². The van der Waals surface area contributed by atoms with E-state index in [1.165, 1.54) is 77.0 Å². The van der Waals surface area contributed by atoms with E-state index in [4.69, 9.17) is 0 Å². The predicted molar refractivity (Wildman–Crippen MR) is 124 cm³/mol. The molecule has 166 valence electrons. The monoisotopic (exact) mass is 403 g/mol. The van der Waals surface area contributed by atoms with Gasteiger partial charge in [0.1, 0.15) is 0 Å². The van der Waals surface area contributed by atoms with Gasteiger partial charge in [-0.05, 0) is 50.2 Å². The van der Waals surface area contributed by atoms with Crippen LogP contribution in [0.5, 0.6) is 0 Å². The van der Waals surface area contributed by atoms with Gasteiger partial charge in [-0.3, -0.25) is 9.59 Å². The maximum atomic E-state index is 12.0. The summed E-state index contributed by atoms with van der Waals surface area (Å²) in [6, 6.07) is 0.192. The molecule has 3 heteroatoms. The van der Waals surface area contributed by atoms with Crippen molar-refractivity contribution in [3.63, 3.8) is 0 Å². The normalized spacial score (nSPS) is 18.6. The Morgan fingerprint density at radius 1 is 0.759 bits per heavy atom. The van der Waals surface area contributed by atoms with E-state index in [2.05, 4.69) is 19.2 Å². The second-order valence-corrected chi connectivity index (χ2v) is 8.70. The first kappa shape index (κ1) is 25.7. The van der Waals surface area contributed by atoms with Crippen molar-refractivity contribution in [1.82, 2.24) is 5.32 Å². The molecule has 0 heterocycles. The highest BCUT2D eigenvalue weighted by atomic mass is 16.1. The summed E-state index contributed by atoms with van der Waals surface area (Å²) < 4.78 is 0. The molecule has 0 radical (unpaired) electrons. The fraction of sp³-hybridized carbons (Fsp3) is 0.769. The molecule has 1 aliphatic rings. The molecule has 0 aromatic rings. The van der Waals surface area contributed by atoms with Crippen LogP contribution in [0.25, 0.3) is 0 Å². The average Bonchev–Trinajstić information content (AvgIpc) is 3.42. The van der Waals surface area contributed by atoms with Gasteiger partial charge in [-0.25, -0.2) is 0 Å². The molecule has 0 unspecified atom stereocenters.